The van der Waals surface area contributed by atoms with Crippen LogP contribution in [0.1, 0.15) is 23.9 Å². The van der Waals surface area contributed by atoms with E-state index in [9.17, 15) is 0 Å². The van der Waals surface area contributed by atoms with E-state index < -0.39 is 0 Å². The van der Waals surface area contributed by atoms with Crippen molar-refractivity contribution in [2.24, 2.45) is 5.92 Å². The van der Waals surface area contributed by atoms with Gasteiger partial charge >= 0.3 is 0 Å². The summed E-state index contributed by atoms with van der Waals surface area (Å²) in [5.41, 5.74) is 2.09. The van der Waals surface area contributed by atoms with E-state index in [1.165, 1.54) is 5.56 Å². The highest BCUT2D eigenvalue weighted by atomic mass is 16.5. The number of hydrogen-bond acceptors (Lipinski definition) is 7. The molecule has 7 nitrogen and oxygen atoms in total. The van der Waals surface area contributed by atoms with E-state index >= 15 is 0 Å². The number of anilines is 1. The maximum Gasteiger partial charge on any atom is 0.261 e. The van der Waals surface area contributed by atoms with Gasteiger partial charge in [-0.1, -0.05) is 11.2 Å². The van der Waals surface area contributed by atoms with Crippen LogP contribution in [-0.4, -0.2) is 45.1 Å². The van der Waals surface area contributed by atoms with Gasteiger partial charge in [-0.2, -0.15) is 4.98 Å². The van der Waals surface area contributed by atoms with Crippen LogP contribution in [-0.2, 0) is 0 Å². The Bertz CT molecular complexity index is 865. The second kappa shape index (κ2) is 7.21. The van der Waals surface area contributed by atoms with Crippen molar-refractivity contribution in [3.05, 3.63) is 54.2 Å². The average molecular weight is 350 g/mol. The van der Waals surface area contributed by atoms with Crippen molar-refractivity contribution in [2.75, 3.05) is 25.5 Å². The summed E-state index contributed by atoms with van der Waals surface area (Å²) in [6, 6.07) is 8.33. The third-order valence-electron chi connectivity index (χ3n) is 4.90. The van der Waals surface area contributed by atoms with E-state index in [1.54, 1.807) is 6.20 Å². The van der Waals surface area contributed by atoms with E-state index in [-0.39, 0.29) is 0 Å². The predicted octanol–water partition coefficient (Wildman–Crippen LogP) is 2.94. The molecule has 0 radical (unpaired) electrons. The van der Waals surface area contributed by atoms with Crippen molar-refractivity contribution in [2.45, 2.75) is 19.4 Å². The first-order chi connectivity index (χ1) is 12.7. The number of hydrogen-bond donors (Lipinski definition) is 1. The van der Waals surface area contributed by atoms with Gasteiger partial charge in [-0.05, 0) is 56.6 Å². The fourth-order valence-corrected chi connectivity index (χ4v) is 3.67. The van der Waals surface area contributed by atoms with E-state index in [4.69, 9.17) is 4.52 Å². The van der Waals surface area contributed by atoms with Crippen molar-refractivity contribution >= 4 is 5.82 Å². The molecule has 4 rings (SSSR count). The van der Waals surface area contributed by atoms with Crippen LogP contribution in [0.25, 0.3) is 11.5 Å². The van der Waals surface area contributed by atoms with Gasteiger partial charge in [-0.3, -0.25) is 9.88 Å². The molecule has 0 aliphatic carbocycles. The van der Waals surface area contributed by atoms with Gasteiger partial charge in [0.05, 0.1) is 5.56 Å². The van der Waals surface area contributed by atoms with Crippen LogP contribution in [0, 0.1) is 12.8 Å². The van der Waals surface area contributed by atoms with Gasteiger partial charge in [0.1, 0.15) is 5.82 Å². The third kappa shape index (κ3) is 3.30. The summed E-state index contributed by atoms with van der Waals surface area (Å²) in [5, 5.41) is 7.38. The topological polar surface area (TPSA) is 80.0 Å². The quantitative estimate of drug-likeness (QED) is 0.758. The summed E-state index contributed by atoms with van der Waals surface area (Å²) in [7, 11) is 2.17. The van der Waals surface area contributed by atoms with Gasteiger partial charge in [0.2, 0.25) is 0 Å². The number of aromatic nitrogens is 4. The maximum atomic E-state index is 5.31. The lowest BCUT2D eigenvalue weighted by atomic mass is 9.94. The van der Waals surface area contributed by atoms with Crippen LogP contribution in [0.5, 0.6) is 0 Å². The molecule has 0 unspecified atom stereocenters. The SMILES string of the molecule is Cc1noc(-c2cccnc2NC[C@@H]2CCN(C)[C@H]2c2cccnc2)n1. The number of pyridine rings is 2. The van der Waals surface area contributed by atoms with Crippen LogP contribution in [0.4, 0.5) is 5.82 Å². The lowest BCUT2D eigenvalue weighted by Gasteiger charge is -2.25. The van der Waals surface area contributed by atoms with Crippen LogP contribution in [0.3, 0.4) is 0 Å². The molecular formula is C19H22N6O. The maximum absolute atomic E-state index is 5.31. The summed E-state index contributed by atoms with van der Waals surface area (Å²) in [4.78, 5) is 15.5. The van der Waals surface area contributed by atoms with Crippen molar-refractivity contribution in [3.8, 4) is 11.5 Å². The first kappa shape index (κ1) is 16.7. The molecule has 1 aliphatic rings. The molecule has 0 bridgehead atoms. The zero-order valence-electron chi connectivity index (χ0n) is 15.0. The first-order valence-corrected chi connectivity index (χ1v) is 8.82. The highest BCUT2D eigenvalue weighted by Crippen LogP contribution is 2.36. The Morgan fingerprint density at radius 3 is 2.92 bits per heavy atom. The molecular weight excluding hydrogens is 328 g/mol. The molecule has 26 heavy (non-hydrogen) atoms. The molecule has 3 aromatic heterocycles. The van der Waals surface area contributed by atoms with E-state index in [0.717, 1.165) is 30.9 Å². The third-order valence-corrected chi connectivity index (χ3v) is 4.90. The molecule has 1 N–H and O–H groups in total. The average Bonchev–Trinajstić information content (AvgIpc) is 3.26. The van der Waals surface area contributed by atoms with Crippen LogP contribution in [0.15, 0.2) is 47.4 Å². The lowest BCUT2D eigenvalue weighted by Crippen LogP contribution is -2.25. The summed E-state index contributed by atoms with van der Waals surface area (Å²) < 4.78 is 5.31. The molecule has 0 aromatic carbocycles. The molecule has 3 aromatic rings. The molecule has 0 spiro atoms. The summed E-state index contributed by atoms with van der Waals surface area (Å²) in [5.74, 6) is 2.36. The largest absolute Gasteiger partial charge is 0.369 e. The number of rotatable bonds is 5. The molecule has 7 heteroatoms. The van der Waals surface area contributed by atoms with E-state index in [2.05, 4.69) is 43.4 Å². The van der Waals surface area contributed by atoms with E-state index in [1.807, 2.05) is 37.5 Å². The monoisotopic (exact) mass is 350 g/mol. The van der Waals surface area contributed by atoms with Gasteiger partial charge in [0, 0.05) is 31.2 Å². The number of nitrogens with one attached hydrogen (secondary N) is 1. The number of likely N-dealkylation sites (tertiary alicyclic amines) is 1. The minimum absolute atomic E-state index is 0.356. The number of aryl methyl sites for hydroxylation is 1. The number of nitrogens with zero attached hydrogens (tertiary/aromatic N) is 5. The summed E-state index contributed by atoms with van der Waals surface area (Å²) >= 11 is 0. The van der Waals surface area contributed by atoms with Crippen molar-refractivity contribution < 1.29 is 4.52 Å². The molecule has 134 valence electrons. The second-order valence-corrected chi connectivity index (χ2v) is 6.69. The minimum Gasteiger partial charge on any atom is -0.369 e. The Balaban J connectivity index is 1.52. The highest BCUT2D eigenvalue weighted by Gasteiger charge is 2.33. The zero-order chi connectivity index (χ0) is 17.9. The highest BCUT2D eigenvalue weighted by molar-refractivity contribution is 5.68. The first-order valence-electron chi connectivity index (χ1n) is 8.82. The Labute approximate surface area is 152 Å². The van der Waals surface area contributed by atoms with Crippen LogP contribution in [0.2, 0.25) is 0 Å². The standard InChI is InChI=1S/C19H22N6O/c1-13-23-19(26-24-13)16-6-4-9-21-18(16)22-12-15-7-10-25(2)17(15)14-5-3-8-20-11-14/h3-6,8-9,11,15,17H,7,10,12H2,1-2H3,(H,21,22)/t15-,17-/m0/s1. The molecule has 4 heterocycles. The minimum atomic E-state index is 0.356. The van der Waals surface area contributed by atoms with Gasteiger partial charge < -0.3 is 9.84 Å². The van der Waals surface area contributed by atoms with Crippen molar-refractivity contribution in [1.29, 1.82) is 0 Å². The fraction of sp³-hybridized carbons (Fsp3) is 0.368. The fourth-order valence-electron chi connectivity index (χ4n) is 3.67. The van der Waals surface area contributed by atoms with Gasteiger partial charge in [0.25, 0.3) is 5.89 Å². The predicted molar refractivity (Wildman–Crippen MR) is 98.5 cm³/mol. The molecule has 1 saturated heterocycles. The molecule has 0 amide bonds. The summed E-state index contributed by atoms with van der Waals surface area (Å²) in [6.45, 7) is 3.70. The zero-order valence-corrected chi connectivity index (χ0v) is 15.0. The molecule has 0 saturated carbocycles. The Hall–Kier alpha value is -2.80. The van der Waals surface area contributed by atoms with E-state index in [0.29, 0.717) is 23.7 Å². The Morgan fingerprint density at radius 1 is 1.27 bits per heavy atom. The van der Waals surface area contributed by atoms with Gasteiger partial charge in [0.15, 0.2) is 5.82 Å². The summed E-state index contributed by atoms with van der Waals surface area (Å²) in [6.07, 6.45) is 6.68. The van der Waals surface area contributed by atoms with Crippen LogP contribution >= 0.6 is 0 Å². The molecule has 1 aliphatic heterocycles. The van der Waals surface area contributed by atoms with Gasteiger partial charge in [-0.15, -0.1) is 0 Å². The Morgan fingerprint density at radius 2 is 2.15 bits per heavy atom. The lowest BCUT2D eigenvalue weighted by molar-refractivity contribution is 0.281. The molecule has 2 atom stereocenters. The smallest absolute Gasteiger partial charge is 0.261 e. The normalized spacial score (nSPS) is 20.4. The second-order valence-electron chi connectivity index (χ2n) is 6.69. The van der Waals surface area contributed by atoms with Crippen molar-refractivity contribution in [1.82, 2.24) is 25.0 Å². The van der Waals surface area contributed by atoms with Gasteiger partial charge in [-0.25, -0.2) is 4.98 Å². The van der Waals surface area contributed by atoms with Crippen LogP contribution < -0.4 is 5.32 Å². The van der Waals surface area contributed by atoms with Crippen molar-refractivity contribution in [3.63, 3.8) is 0 Å². The molecule has 1 fully saturated rings. The Kier molecular flexibility index (Phi) is 4.62.